The maximum Gasteiger partial charge on any atom is 0.303 e. The Hall–Kier alpha value is -1.47. The van der Waals surface area contributed by atoms with E-state index in [2.05, 4.69) is 4.90 Å². The number of rotatable bonds is 7. The molecule has 6 nitrogen and oxygen atoms in total. The van der Waals surface area contributed by atoms with Gasteiger partial charge < -0.3 is 19.0 Å². The highest BCUT2D eigenvalue weighted by Crippen LogP contribution is 2.39. The highest BCUT2D eigenvalue weighted by molar-refractivity contribution is 8.00. The molecule has 1 aromatic rings. The summed E-state index contributed by atoms with van der Waals surface area (Å²) in [5, 5.41) is -0.0826. The number of furan rings is 1. The van der Waals surface area contributed by atoms with Crippen LogP contribution >= 0.6 is 11.8 Å². The Morgan fingerprint density at radius 1 is 1.50 bits per heavy atom. The average Bonchev–Trinajstić information content (AvgIpc) is 3.04. The summed E-state index contributed by atoms with van der Waals surface area (Å²) in [4.78, 5) is 26.8. The molecule has 0 radical (unpaired) electrons. The highest BCUT2D eigenvalue weighted by Gasteiger charge is 2.34. The van der Waals surface area contributed by atoms with Crippen molar-refractivity contribution in [1.29, 1.82) is 0 Å². The molecule has 0 N–H and O–H groups in total. The number of hydrogen-bond donors (Lipinski definition) is 0. The molecule has 7 heteroatoms. The van der Waals surface area contributed by atoms with Crippen molar-refractivity contribution in [2.24, 2.45) is 0 Å². The summed E-state index contributed by atoms with van der Waals surface area (Å²) in [6, 6.07) is 3.65. The average molecular weight is 326 g/mol. The smallest absolute Gasteiger partial charge is 0.303 e. The number of carbonyl (C=O) groups excluding carboxylic acids is 2. The van der Waals surface area contributed by atoms with E-state index in [1.54, 1.807) is 17.8 Å². The van der Waals surface area contributed by atoms with Crippen LogP contribution in [0.4, 0.5) is 0 Å². The minimum absolute atomic E-state index is 0.0826. The van der Waals surface area contributed by atoms with Gasteiger partial charge in [-0.05, 0) is 39.2 Å². The van der Waals surface area contributed by atoms with Gasteiger partial charge >= 0.3 is 5.97 Å². The predicted octanol–water partition coefficient (Wildman–Crippen LogP) is 1.87. The molecule has 122 valence electrons. The summed E-state index contributed by atoms with van der Waals surface area (Å²) in [5.74, 6) is 1.62. The Kier molecular flexibility index (Phi) is 5.90. The normalized spacial score (nSPS) is 18.3. The number of nitrogens with zero attached hydrogens (tertiary/aromatic N) is 2. The molecule has 22 heavy (non-hydrogen) atoms. The predicted molar refractivity (Wildman–Crippen MR) is 84.3 cm³/mol. The van der Waals surface area contributed by atoms with Gasteiger partial charge in [0, 0.05) is 13.5 Å². The number of carbonyl (C=O) groups is 2. The van der Waals surface area contributed by atoms with Crippen LogP contribution in [0.15, 0.2) is 16.5 Å². The minimum Gasteiger partial charge on any atom is -0.459 e. The van der Waals surface area contributed by atoms with Gasteiger partial charge in [0.15, 0.2) is 0 Å². The largest absolute Gasteiger partial charge is 0.459 e. The lowest BCUT2D eigenvalue weighted by molar-refractivity contribution is -0.142. The number of hydrogen-bond acceptors (Lipinski definition) is 6. The molecule has 0 saturated carbocycles. The van der Waals surface area contributed by atoms with Crippen molar-refractivity contribution in [2.45, 2.75) is 25.3 Å². The zero-order valence-corrected chi connectivity index (χ0v) is 14.0. The summed E-state index contributed by atoms with van der Waals surface area (Å²) in [5.41, 5.74) is 0. The maximum absolute atomic E-state index is 12.0. The Balaban J connectivity index is 1.97. The van der Waals surface area contributed by atoms with Crippen LogP contribution in [0, 0.1) is 0 Å². The van der Waals surface area contributed by atoms with Gasteiger partial charge in [0.05, 0.1) is 5.75 Å². The van der Waals surface area contributed by atoms with Crippen LogP contribution in [0.5, 0.6) is 0 Å². The van der Waals surface area contributed by atoms with E-state index in [0.717, 1.165) is 18.7 Å². The Labute approximate surface area is 134 Å². The third kappa shape index (κ3) is 4.51. The van der Waals surface area contributed by atoms with Crippen molar-refractivity contribution in [3.8, 4) is 0 Å². The van der Waals surface area contributed by atoms with E-state index in [-0.39, 0.29) is 23.9 Å². The van der Waals surface area contributed by atoms with Crippen molar-refractivity contribution in [2.75, 3.05) is 32.9 Å². The molecule has 1 saturated heterocycles. The number of esters is 1. The molecule has 1 fully saturated rings. The Bertz CT molecular complexity index is 529. The molecule has 2 heterocycles. The monoisotopic (exact) mass is 326 g/mol. The third-order valence-corrected chi connectivity index (χ3v) is 4.53. The molecule has 1 unspecified atom stereocenters. The van der Waals surface area contributed by atoms with E-state index >= 15 is 0 Å². The second-order valence-corrected chi connectivity index (χ2v) is 6.56. The van der Waals surface area contributed by atoms with Crippen LogP contribution in [-0.2, 0) is 20.9 Å². The first kappa shape index (κ1) is 16.9. The highest BCUT2D eigenvalue weighted by atomic mass is 32.2. The van der Waals surface area contributed by atoms with Gasteiger partial charge in [0.2, 0.25) is 5.91 Å². The molecular weight excluding hydrogens is 304 g/mol. The van der Waals surface area contributed by atoms with Crippen molar-refractivity contribution in [3.05, 3.63) is 23.7 Å². The Morgan fingerprint density at radius 2 is 2.27 bits per heavy atom. The molecule has 1 aromatic heterocycles. The van der Waals surface area contributed by atoms with E-state index < -0.39 is 0 Å². The Morgan fingerprint density at radius 3 is 2.95 bits per heavy atom. The molecule has 2 rings (SSSR count). The first-order valence-corrected chi connectivity index (χ1v) is 8.30. The van der Waals surface area contributed by atoms with Crippen molar-refractivity contribution >= 4 is 23.6 Å². The van der Waals surface area contributed by atoms with Gasteiger partial charge in [-0.25, -0.2) is 0 Å². The van der Waals surface area contributed by atoms with E-state index in [0.29, 0.717) is 18.1 Å². The number of amides is 1. The molecule has 0 aromatic carbocycles. The van der Waals surface area contributed by atoms with Crippen molar-refractivity contribution in [1.82, 2.24) is 9.80 Å². The maximum atomic E-state index is 12.0. The lowest BCUT2D eigenvalue weighted by Crippen LogP contribution is -2.30. The van der Waals surface area contributed by atoms with E-state index in [1.807, 2.05) is 25.1 Å². The zero-order valence-electron chi connectivity index (χ0n) is 13.2. The van der Waals surface area contributed by atoms with Crippen LogP contribution in [0.25, 0.3) is 0 Å². The van der Waals surface area contributed by atoms with Crippen LogP contribution in [0.1, 0.15) is 30.2 Å². The summed E-state index contributed by atoms with van der Waals surface area (Å²) in [6.07, 6.45) is 0.927. The van der Waals surface area contributed by atoms with Gasteiger partial charge in [0.1, 0.15) is 23.5 Å². The van der Waals surface area contributed by atoms with Gasteiger partial charge in [-0.1, -0.05) is 0 Å². The lowest BCUT2D eigenvalue weighted by atomic mass is 10.3. The van der Waals surface area contributed by atoms with Gasteiger partial charge in [-0.3, -0.25) is 9.59 Å². The quantitative estimate of drug-likeness (QED) is 0.713. The summed E-state index contributed by atoms with van der Waals surface area (Å²) in [7, 11) is 4.04. The summed E-state index contributed by atoms with van der Waals surface area (Å²) >= 11 is 1.57. The second-order valence-electron chi connectivity index (χ2n) is 5.49. The van der Waals surface area contributed by atoms with Crippen molar-refractivity contribution < 1.29 is 18.7 Å². The molecule has 0 spiro atoms. The van der Waals surface area contributed by atoms with Gasteiger partial charge in [-0.2, -0.15) is 0 Å². The summed E-state index contributed by atoms with van der Waals surface area (Å²) in [6.45, 7) is 3.15. The van der Waals surface area contributed by atoms with E-state index in [9.17, 15) is 9.59 Å². The fourth-order valence-corrected chi connectivity index (χ4v) is 3.43. The van der Waals surface area contributed by atoms with Crippen LogP contribution in [0.3, 0.4) is 0 Å². The minimum atomic E-state index is -0.339. The lowest BCUT2D eigenvalue weighted by Gasteiger charge is -2.23. The second kappa shape index (κ2) is 7.69. The molecule has 0 aliphatic carbocycles. The molecule has 1 aliphatic heterocycles. The molecule has 1 amide bonds. The molecule has 1 aliphatic rings. The third-order valence-electron chi connectivity index (χ3n) is 3.32. The van der Waals surface area contributed by atoms with E-state index in [4.69, 9.17) is 9.15 Å². The van der Waals surface area contributed by atoms with Crippen molar-refractivity contribution in [3.63, 3.8) is 0 Å². The first-order chi connectivity index (χ1) is 10.5. The van der Waals surface area contributed by atoms with Crippen LogP contribution < -0.4 is 0 Å². The number of thioether (sulfide) groups is 1. The molecule has 1 atom stereocenters. The van der Waals surface area contributed by atoms with Gasteiger partial charge in [0.25, 0.3) is 0 Å². The SMILES string of the molecule is CC(=O)OCc1ccc(C2SCC(=O)N2CCCN(C)C)o1. The fourth-order valence-electron chi connectivity index (χ4n) is 2.27. The first-order valence-electron chi connectivity index (χ1n) is 7.25. The number of ether oxygens (including phenoxy) is 1. The molecule has 0 bridgehead atoms. The van der Waals surface area contributed by atoms with Gasteiger partial charge in [-0.15, -0.1) is 11.8 Å². The van der Waals surface area contributed by atoms with E-state index in [1.165, 1.54) is 6.92 Å². The van der Waals surface area contributed by atoms with Crippen LogP contribution in [-0.4, -0.2) is 54.6 Å². The summed E-state index contributed by atoms with van der Waals surface area (Å²) < 4.78 is 10.6. The standard InChI is InChI=1S/C15H22N2O4S/c1-11(18)20-9-12-5-6-13(21-12)15-17(14(19)10-22-15)8-4-7-16(2)3/h5-6,15H,4,7-10H2,1-3H3. The van der Waals surface area contributed by atoms with Crippen LogP contribution in [0.2, 0.25) is 0 Å². The zero-order chi connectivity index (χ0) is 16.1. The topological polar surface area (TPSA) is 63.0 Å². The fraction of sp³-hybridized carbons (Fsp3) is 0.600. The molecular formula is C15H22N2O4S.